The Labute approximate surface area is 116 Å². The van der Waals surface area contributed by atoms with Crippen LogP contribution in [0.2, 0.25) is 0 Å². The van der Waals surface area contributed by atoms with Crippen molar-refractivity contribution < 1.29 is 9.15 Å². The summed E-state index contributed by atoms with van der Waals surface area (Å²) >= 11 is 0. The molecule has 1 atom stereocenters. The Morgan fingerprint density at radius 1 is 1.20 bits per heavy atom. The molecule has 3 aromatic heterocycles. The van der Waals surface area contributed by atoms with Gasteiger partial charge in [0.1, 0.15) is 17.4 Å². The SMILES string of the molecule is c1coc(-n2c(C3CCCCO3)nc3cccnc32)c1. The quantitative estimate of drug-likeness (QED) is 0.716. The average molecular weight is 269 g/mol. The molecule has 1 unspecified atom stereocenters. The van der Waals surface area contributed by atoms with E-state index in [0.717, 1.165) is 42.3 Å². The first kappa shape index (κ1) is 11.7. The normalized spacial score (nSPS) is 19.5. The van der Waals surface area contributed by atoms with E-state index in [1.807, 2.05) is 28.8 Å². The molecule has 1 aliphatic rings. The summed E-state index contributed by atoms with van der Waals surface area (Å²) in [4.78, 5) is 9.15. The molecule has 0 amide bonds. The standard InChI is InChI=1S/C15H15N3O2/c1-2-9-19-12(6-1)15-17-11-5-3-8-16-14(11)18(15)13-7-4-10-20-13/h3-5,7-8,10,12H,1-2,6,9H2. The molecule has 4 rings (SSSR count). The molecule has 0 spiro atoms. The fourth-order valence-corrected chi connectivity index (χ4v) is 2.70. The first-order valence-corrected chi connectivity index (χ1v) is 6.92. The van der Waals surface area contributed by atoms with Crippen LogP contribution in [0.25, 0.3) is 17.0 Å². The zero-order valence-electron chi connectivity index (χ0n) is 11.0. The highest BCUT2D eigenvalue weighted by molar-refractivity contribution is 5.73. The Hall–Kier alpha value is -2.14. The van der Waals surface area contributed by atoms with Gasteiger partial charge in [0.15, 0.2) is 5.65 Å². The van der Waals surface area contributed by atoms with Crippen LogP contribution in [-0.4, -0.2) is 21.1 Å². The number of hydrogen-bond acceptors (Lipinski definition) is 4. The number of hydrogen-bond donors (Lipinski definition) is 0. The van der Waals surface area contributed by atoms with E-state index in [0.29, 0.717) is 0 Å². The van der Waals surface area contributed by atoms with Gasteiger partial charge in [-0.25, -0.2) is 14.5 Å². The number of imidazole rings is 1. The molecule has 102 valence electrons. The van der Waals surface area contributed by atoms with Crippen LogP contribution in [0.4, 0.5) is 0 Å². The maximum atomic E-state index is 5.88. The zero-order valence-corrected chi connectivity index (χ0v) is 11.0. The van der Waals surface area contributed by atoms with Gasteiger partial charge in [-0.1, -0.05) is 0 Å². The van der Waals surface area contributed by atoms with Crippen molar-refractivity contribution in [2.24, 2.45) is 0 Å². The molecule has 0 bridgehead atoms. The van der Waals surface area contributed by atoms with Crippen LogP contribution in [0.15, 0.2) is 41.1 Å². The third kappa shape index (κ3) is 1.82. The lowest BCUT2D eigenvalue weighted by molar-refractivity contribution is 0.00857. The predicted molar refractivity (Wildman–Crippen MR) is 73.7 cm³/mol. The van der Waals surface area contributed by atoms with Crippen molar-refractivity contribution in [2.45, 2.75) is 25.4 Å². The molecule has 5 nitrogen and oxygen atoms in total. The van der Waals surface area contributed by atoms with Crippen molar-refractivity contribution in [3.63, 3.8) is 0 Å². The fraction of sp³-hybridized carbons (Fsp3) is 0.333. The maximum absolute atomic E-state index is 5.88. The Bertz CT molecular complexity index is 712. The van der Waals surface area contributed by atoms with E-state index < -0.39 is 0 Å². The number of ether oxygens (including phenoxy) is 1. The van der Waals surface area contributed by atoms with E-state index in [-0.39, 0.29) is 6.10 Å². The van der Waals surface area contributed by atoms with Gasteiger partial charge in [-0.05, 0) is 37.5 Å². The van der Waals surface area contributed by atoms with Crippen molar-refractivity contribution in [3.8, 4) is 5.88 Å². The third-order valence-corrected chi connectivity index (χ3v) is 3.64. The molecule has 3 aromatic rings. The van der Waals surface area contributed by atoms with Crippen LogP contribution in [0.3, 0.4) is 0 Å². The first-order valence-electron chi connectivity index (χ1n) is 6.92. The number of pyridine rings is 1. The largest absolute Gasteiger partial charge is 0.448 e. The second-order valence-electron chi connectivity index (χ2n) is 4.96. The van der Waals surface area contributed by atoms with Gasteiger partial charge in [-0.15, -0.1) is 0 Å². The van der Waals surface area contributed by atoms with Gasteiger partial charge in [0.25, 0.3) is 0 Å². The lowest BCUT2D eigenvalue weighted by atomic mass is 10.1. The summed E-state index contributed by atoms with van der Waals surface area (Å²) in [6.07, 6.45) is 6.73. The molecular formula is C15H15N3O2. The molecule has 1 aliphatic heterocycles. The van der Waals surface area contributed by atoms with Gasteiger partial charge >= 0.3 is 0 Å². The monoisotopic (exact) mass is 269 g/mol. The van der Waals surface area contributed by atoms with Crippen molar-refractivity contribution >= 4 is 11.2 Å². The summed E-state index contributed by atoms with van der Waals surface area (Å²) in [6, 6.07) is 7.65. The van der Waals surface area contributed by atoms with Crippen LogP contribution in [0.5, 0.6) is 0 Å². The molecule has 1 saturated heterocycles. The smallest absolute Gasteiger partial charge is 0.206 e. The highest BCUT2D eigenvalue weighted by Crippen LogP contribution is 2.31. The molecule has 1 fully saturated rings. The van der Waals surface area contributed by atoms with Crippen LogP contribution in [0.1, 0.15) is 31.2 Å². The van der Waals surface area contributed by atoms with Gasteiger partial charge in [-0.3, -0.25) is 0 Å². The number of furan rings is 1. The number of rotatable bonds is 2. The van der Waals surface area contributed by atoms with E-state index in [1.165, 1.54) is 6.42 Å². The topological polar surface area (TPSA) is 53.1 Å². The molecular weight excluding hydrogens is 254 g/mol. The average Bonchev–Trinajstić information content (AvgIpc) is 3.14. The summed E-state index contributed by atoms with van der Waals surface area (Å²) < 4.78 is 13.4. The van der Waals surface area contributed by atoms with Crippen molar-refractivity contribution in [2.75, 3.05) is 6.61 Å². The number of aromatic nitrogens is 3. The molecule has 0 radical (unpaired) electrons. The summed E-state index contributed by atoms with van der Waals surface area (Å²) in [5.74, 6) is 1.61. The van der Waals surface area contributed by atoms with E-state index >= 15 is 0 Å². The highest BCUT2D eigenvalue weighted by Gasteiger charge is 2.25. The van der Waals surface area contributed by atoms with Gasteiger partial charge in [0.2, 0.25) is 5.88 Å². The molecule has 4 heterocycles. The molecule has 0 aromatic carbocycles. The Balaban J connectivity index is 1.92. The van der Waals surface area contributed by atoms with E-state index in [2.05, 4.69) is 4.98 Å². The zero-order chi connectivity index (χ0) is 13.4. The first-order chi connectivity index (χ1) is 9.93. The summed E-state index contributed by atoms with van der Waals surface area (Å²) in [6.45, 7) is 0.791. The maximum Gasteiger partial charge on any atom is 0.206 e. The minimum atomic E-state index is 0.0167. The Kier molecular flexibility index (Phi) is 2.77. The van der Waals surface area contributed by atoms with Crippen LogP contribution in [0, 0.1) is 0 Å². The van der Waals surface area contributed by atoms with Crippen molar-refractivity contribution in [3.05, 3.63) is 42.5 Å². The summed E-state index contributed by atoms with van der Waals surface area (Å²) in [5.41, 5.74) is 1.68. The second-order valence-corrected chi connectivity index (χ2v) is 4.96. The lowest BCUT2D eigenvalue weighted by Crippen LogP contribution is -2.16. The molecule has 5 heteroatoms. The second kappa shape index (κ2) is 4.76. The predicted octanol–water partition coefficient (Wildman–Crippen LogP) is 3.26. The summed E-state index contributed by atoms with van der Waals surface area (Å²) in [7, 11) is 0. The molecule has 0 N–H and O–H groups in total. The minimum absolute atomic E-state index is 0.0167. The van der Waals surface area contributed by atoms with E-state index in [4.69, 9.17) is 14.1 Å². The third-order valence-electron chi connectivity index (χ3n) is 3.64. The van der Waals surface area contributed by atoms with Crippen LogP contribution in [-0.2, 0) is 4.74 Å². The van der Waals surface area contributed by atoms with Gasteiger partial charge in [0.05, 0.1) is 6.26 Å². The van der Waals surface area contributed by atoms with E-state index in [1.54, 1.807) is 12.5 Å². The van der Waals surface area contributed by atoms with Crippen molar-refractivity contribution in [1.29, 1.82) is 0 Å². The van der Waals surface area contributed by atoms with Gasteiger partial charge in [-0.2, -0.15) is 0 Å². The number of fused-ring (bicyclic) bond motifs is 1. The fourth-order valence-electron chi connectivity index (χ4n) is 2.70. The Morgan fingerprint density at radius 3 is 3.00 bits per heavy atom. The summed E-state index contributed by atoms with van der Waals surface area (Å²) in [5, 5.41) is 0. The number of nitrogens with zero attached hydrogens (tertiary/aromatic N) is 3. The lowest BCUT2D eigenvalue weighted by Gasteiger charge is -2.22. The molecule has 0 saturated carbocycles. The van der Waals surface area contributed by atoms with Gasteiger partial charge < -0.3 is 9.15 Å². The van der Waals surface area contributed by atoms with Gasteiger partial charge in [0, 0.05) is 18.9 Å². The van der Waals surface area contributed by atoms with Crippen LogP contribution >= 0.6 is 0 Å². The van der Waals surface area contributed by atoms with E-state index in [9.17, 15) is 0 Å². The highest BCUT2D eigenvalue weighted by atomic mass is 16.5. The Morgan fingerprint density at radius 2 is 2.20 bits per heavy atom. The van der Waals surface area contributed by atoms with Crippen molar-refractivity contribution in [1.82, 2.24) is 14.5 Å². The molecule has 0 aliphatic carbocycles. The minimum Gasteiger partial charge on any atom is -0.448 e. The molecule has 20 heavy (non-hydrogen) atoms. The van der Waals surface area contributed by atoms with Crippen LogP contribution < -0.4 is 0 Å².